The number of ketones is 2. The molecular formula is C18H21N5O7S2. The smallest absolute Gasteiger partial charge is 0.262 e. The molecule has 0 amide bonds. The minimum absolute atomic E-state index is 0.0103. The van der Waals surface area contributed by atoms with Crippen molar-refractivity contribution in [3.63, 3.8) is 0 Å². The molecule has 1 aliphatic heterocycles. The number of hydroxylamine groups is 1. The van der Waals surface area contributed by atoms with Gasteiger partial charge in [-0.25, -0.2) is 8.42 Å². The van der Waals surface area contributed by atoms with Crippen molar-refractivity contribution >= 4 is 44.6 Å². The zero-order valence-electron chi connectivity index (χ0n) is 16.6. The van der Waals surface area contributed by atoms with E-state index in [0.29, 0.717) is 12.2 Å². The summed E-state index contributed by atoms with van der Waals surface area (Å²) in [6, 6.07) is 4.26. The molecule has 0 aliphatic carbocycles. The van der Waals surface area contributed by atoms with E-state index < -0.39 is 27.6 Å². The Labute approximate surface area is 187 Å². The molecule has 1 aliphatic rings. The fourth-order valence-electron chi connectivity index (χ4n) is 2.84. The van der Waals surface area contributed by atoms with Gasteiger partial charge >= 0.3 is 0 Å². The number of ether oxygens (including phenoxy) is 2. The van der Waals surface area contributed by atoms with Gasteiger partial charge in [0.05, 0.1) is 16.6 Å². The monoisotopic (exact) mass is 483 g/mol. The van der Waals surface area contributed by atoms with Crippen LogP contribution in [0, 0.1) is 0 Å². The summed E-state index contributed by atoms with van der Waals surface area (Å²) < 4.78 is 38.2. The van der Waals surface area contributed by atoms with Crippen molar-refractivity contribution in [1.29, 1.82) is 0 Å². The van der Waals surface area contributed by atoms with Crippen molar-refractivity contribution in [1.82, 2.24) is 5.48 Å². The van der Waals surface area contributed by atoms with E-state index >= 15 is 0 Å². The molecule has 7 N–H and O–H groups in total. The largest absolute Gasteiger partial charge is 0.454 e. The van der Waals surface area contributed by atoms with Gasteiger partial charge in [-0.1, -0.05) is 0 Å². The minimum Gasteiger partial charge on any atom is -0.454 e. The molecular weight excluding hydrogens is 462 g/mol. The van der Waals surface area contributed by atoms with Crippen LogP contribution in [0.1, 0.15) is 22.5 Å². The number of fused-ring (bicyclic) bond motifs is 1. The molecule has 32 heavy (non-hydrogen) atoms. The van der Waals surface area contributed by atoms with Gasteiger partial charge in [0.25, 0.3) is 10.0 Å². The van der Waals surface area contributed by atoms with E-state index in [2.05, 4.69) is 9.71 Å². The standard InChI is InChI=1S/C18H21N5O7S2/c19-18(20)21-6-1-2-11(22-26)15(24)16(25)17-12(5-7-31-17)23-32(27,28)10-3-4-13-14(8-10)30-9-29-13/h3-5,7-8,11,22-23,26H,1-2,6,9H2,(H4,19,20,21)/t11-/m0/s1. The van der Waals surface area contributed by atoms with Crippen molar-refractivity contribution in [3.8, 4) is 11.5 Å². The number of anilines is 1. The average Bonchev–Trinajstić information content (AvgIpc) is 3.41. The van der Waals surface area contributed by atoms with Crippen LogP contribution in [0.3, 0.4) is 0 Å². The highest BCUT2D eigenvalue weighted by molar-refractivity contribution is 7.92. The SMILES string of the molecule is NC(N)=NCCC[C@H](NO)C(=O)C(=O)c1sccc1NS(=O)(=O)c1ccc2c(c1)OCO2. The average molecular weight is 484 g/mol. The van der Waals surface area contributed by atoms with E-state index in [1.54, 1.807) is 0 Å². The number of sulfonamides is 1. The van der Waals surface area contributed by atoms with Gasteiger partial charge in [0, 0.05) is 12.6 Å². The first kappa shape index (κ1) is 23.5. The predicted molar refractivity (Wildman–Crippen MR) is 116 cm³/mol. The van der Waals surface area contributed by atoms with Gasteiger partial charge in [0.1, 0.15) is 4.88 Å². The Morgan fingerprint density at radius 3 is 2.69 bits per heavy atom. The first-order valence-corrected chi connectivity index (χ1v) is 11.6. The summed E-state index contributed by atoms with van der Waals surface area (Å²) in [7, 11) is -4.08. The zero-order chi connectivity index (χ0) is 23.3. The first-order chi connectivity index (χ1) is 15.2. The van der Waals surface area contributed by atoms with Crippen LogP contribution in [0.2, 0.25) is 0 Å². The summed E-state index contributed by atoms with van der Waals surface area (Å²) in [5.74, 6) is -1.29. The number of nitrogens with two attached hydrogens (primary N) is 2. The third-order valence-electron chi connectivity index (χ3n) is 4.41. The fraction of sp³-hybridized carbons (Fsp3) is 0.278. The van der Waals surface area contributed by atoms with Crippen LogP contribution in [-0.2, 0) is 14.8 Å². The number of benzene rings is 1. The van der Waals surface area contributed by atoms with Crippen molar-refractivity contribution in [3.05, 3.63) is 34.5 Å². The molecule has 2 aromatic rings. The Kier molecular flexibility index (Phi) is 7.29. The number of nitrogens with zero attached hydrogens (tertiary/aromatic N) is 1. The number of Topliss-reactive ketones (excluding diaryl/α,β-unsaturated/α-hetero) is 2. The lowest BCUT2D eigenvalue weighted by molar-refractivity contribution is -0.119. The van der Waals surface area contributed by atoms with Crippen LogP contribution >= 0.6 is 11.3 Å². The topological polar surface area (TPSA) is 195 Å². The highest BCUT2D eigenvalue weighted by Gasteiger charge is 2.30. The van der Waals surface area contributed by atoms with Crippen LogP contribution in [-0.4, -0.2) is 50.5 Å². The van der Waals surface area contributed by atoms with Crippen LogP contribution < -0.4 is 31.1 Å². The number of hydrogen-bond acceptors (Lipinski definition) is 10. The van der Waals surface area contributed by atoms with E-state index in [1.165, 1.54) is 29.6 Å². The maximum absolute atomic E-state index is 12.8. The molecule has 0 saturated carbocycles. The second kappa shape index (κ2) is 9.95. The Balaban J connectivity index is 1.73. The number of rotatable bonds is 11. The highest BCUT2D eigenvalue weighted by atomic mass is 32.2. The number of nitrogens with one attached hydrogen (secondary N) is 2. The summed E-state index contributed by atoms with van der Waals surface area (Å²) >= 11 is 0.896. The third kappa shape index (κ3) is 5.34. The Morgan fingerprint density at radius 2 is 1.97 bits per heavy atom. The van der Waals surface area contributed by atoms with E-state index in [0.717, 1.165) is 11.3 Å². The number of carbonyl (C=O) groups excluding carboxylic acids is 2. The number of carbonyl (C=O) groups is 2. The molecule has 0 radical (unpaired) electrons. The molecule has 0 saturated heterocycles. The molecule has 14 heteroatoms. The number of aliphatic imine (C=N–C) groups is 1. The molecule has 1 aromatic heterocycles. The van der Waals surface area contributed by atoms with E-state index in [4.69, 9.17) is 20.9 Å². The number of guanidine groups is 1. The molecule has 1 aromatic carbocycles. The molecule has 3 rings (SSSR count). The van der Waals surface area contributed by atoms with Gasteiger partial charge < -0.3 is 26.1 Å². The lowest BCUT2D eigenvalue weighted by Gasteiger charge is -2.13. The number of hydrogen-bond donors (Lipinski definition) is 5. The lowest BCUT2D eigenvalue weighted by Crippen LogP contribution is -2.39. The normalized spacial score (nSPS) is 13.4. The van der Waals surface area contributed by atoms with Gasteiger partial charge in [-0.05, 0) is 36.4 Å². The van der Waals surface area contributed by atoms with Crippen molar-refractivity contribution in [2.75, 3.05) is 18.1 Å². The predicted octanol–water partition coefficient (Wildman–Crippen LogP) is 0.430. The summed E-state index contributed by atoms with van der Waals surface area (Å²) in [5.41, 5.74) is 12.2. The second-order valence-electron chi connectivity index (χ2n) is 6.61. The molecule has 0 bridgehead atoms. The van der Waals surface area contributed by atoms with Crippen LogP contribution in [0.15, 0.2) is 39.5 Å². The maximum atomic E-state index is 12.8. The van der Waals surface area contributed by atoms with Gasteiger partial charge in [-0.2, -0.15) is 5.48 Å². The second-order valence-corrected chi connectivity index (χ2v) is 9.21. The highest BCUT2D eigenvalue weighted by Crippen LogP contribution is 2.35. The van der Waals surface area contributed by atoms with Gasteiger partial charge in [-0.3, -0.25) is 19.3 Å². The van der Waals surface area contributed by atoms with Gasteiger partial charge in [0.15, 0.2) is 17.5 Å². The fourth-order valence-corrected chi connectivity index (χ4v) is 4.79. The summed E-state index contributed by atoms with van der Waals surface area (Å²) in [6.07, 6.45) is 0.407. The number of thiophene rings is 1. The quantitative estimate of drug-likeness (QED) is 0.0746. The molecule has 12 nitrogen and oxygen atoms in total. The van der Waals surface area contributed by atoms with Crippen molar-refractivity contribution in [2.24, 2.45) is 16.5 Å². The van der Waals surface area contributed by atoms with E-state index in [1.807, 2.05) is 5.48 Å². The Hall–Kier alpha value is -3.20. The van der Waals surface area contributed by atoms with Crippen LogP contribution in [0.25, 0.3) is 0 Å². The maximum Gasteiger partial charge on any atom is 0.262 e. The zero-order valence-corrected chi connectivity index (χ0v) is 18.2. The summed E-state index contributed by atoms with van der Waals surface area (Å²) in [5, 5.41) is 10.8. The first-order valence-electron chi connectivity index (χ1n) is 9.26. The third-order valence-corrected chi connectivity index (χ3v) is 6.69. The van der Waals surface area contributed by atoms with Crippen LogP contribution in [0.4, 0.5) is 5.69 Å². The molecule has 1 atom stereocenters. The van der Waals surface area contributed by atoms with Crippen molar-refractivity contribution < 1.29 is 32.7 Å². The Morgan fingerprint density at radius 1 is 1.22 bits per heavy atom. The molecule has 0 fully saturated rings. The molecule has 2 heterocycles. The molecule has 0 spiro atoms. The summed E-state index contributed by atoms with van der Waals surface area (Å²) in [6.45, 7) is 0.200. The molecule has 172 valence electrons. The lowest BCUT2D eigenvalue weighted by atomic mass is 10.0. The van der Waals surface area contributed by atoms with E-state index in [9.17, 15) is 23.2 Å². The summed E-state index contributed by atoms with van der Waals surface area (Å²) in [4.78, 5) is 28.8. The Bertz CT molecular complexity index is 1140. The van der Waals surface area contributed by atoms with Crippen molar-refractivity contribution in [2.45, 2.75) is 23.8 Å². The van der Waals surface area contributed by atoms with Gasteiger partial charge in [0.2, 0.25) is 18.4 Å². The van der Waals surface area contributed by atoms with Crippen LogP contribution in [0.5, 0.6) is 11.5 Å². The molecule has 0 unspecified atom stereocenters. The van der Waals surface area contributed by atoms with Gasteiger partial charge in [-0.15, -0.1) is 11.3 Å². The van der Waals surface area contributed by atoms with E-state index in [-0.39, 0.29) is 46.9 Å². The minimum atomic E-state index is -4.08.